The number of anilines is 1. The maximum Gasteiger partial charge on any atom is 0.242 e. The molecule has 1 aromatic carbocycles. The van der Waals surface area contributed by atoms with Crippen molar-refractivity contribution in [2.75, 3.05) is 12.3 Å². The van der Waals surface area contributed by atoms with Gasteiger partial charge in [-0.25, -0.2) is 4.68 Å². The molecule has 4 nitrogen and oxygen atoms in total. The number of hydrogen-bond donors (Lipinski definition) is 1. The number of benzene rings is 1. The molecule has 0 aliphatic heterocycles. The van der Waals surface area contributed by atoms with Crippen molar-refractivity contribution in [1.29, 1.82) is 0 Å². The third-order valence-corrected chi connectivity index (χ3v) is 4.68. The second-order valence-corrected chi connectivity index (χ2v) is 11.5. The first-order valence-electron chi connectivity index (χ1n) is 6.37. The molecule has 0 spiro atoms. The lowest BCUT2D eigenvalue weighted by molar-refractivity contribution is 0.0804. The number of hydrogen-bond acceptors (Lipinski definition) is 3. The van der Waals surface area contributed by atoms with Gasteiger partial charge in [0.1, 0.15) is 6.73 Å². The first kappa shape index (κ1) is 14.0. The molecule has 2 rings (SSSR count). The number of nitrogens with zero attached hydrogens (tertiary/aromatic N) is 2. The fraction of sp³-hybridized carbons (Fsp3) is 0.462. The van der Waals surface area contributed by atoms with Crippen LogP contribution < -0.4 is 5.73 Å². The molecule has 0 atom stereocenters. The Kier molecular flexibility index (Phi) is 3.91. The van der Waals surface area contributed by atoms with E-state index in [1.165, 1.54) is 4.68 Å². The van der Waals surface area contributed by atoms with Crippen molar-refractivity contribution in [2.24, 2.45) is 0 Å². The summed E-state index contributed by atoms with van der Waals surface area (Å²) in [7, 11) is -1.10. The highest BCUT2D eigenvalue weighted by atomic mass is 28.3. The highest BCUT2D eigenvalue weighted by molar-refractivity contribution is 6.76. The van der Waals surface area contributed by atoms with Crippen molar-refractivity contribution < 1.29 is 9.13 Å². The van der Waals surface area contributed by atoms with E-state index in [1.807, 2.05) is 0 Å². The average Bonchev–Trinajstić information content (AvgIpc) is 2.62. The van der Waals surface area contributed by atoms with E-state index in [4.69, 9.17) is 10.5 Å². The summed E-state index contributed by atoms with van der Waals surface area (Å²) in [6.45, 7) is 7.81. The topological polar surface area (TPSA) is 53.1 Å². The molecule has 1 heterocycles. The van der Waals surface area contributed by atoms with Crippen LogP contribution in [0.3, 0.4) is 0 Å². The minimum absolute atomic E-state index is 0.258. The predicted molar refractivity (Wildman–Crippen MR) is 78.2 cm³/mol. The molecular weight excluding hydrogens is 261 g/mol. The summed E-state index contributed by atoms with van der Waals surface area (Å²) in [4.78, 5) is 0. The van der Waals surface area contributed by atoms with E-state index in [-0.39, 0.29) is 6.73 Å². The molecule has 0 aliphatic carbocycles. The van der Waals surface area contributed by atoms with Crippen molar-refractivity contribution in [3.8, 4) is 0 Å². The van der Waals surface area contributed by atoms with Crippen molar-refractivity contribution in [3.63, 3.8) is 0 Å². The summed E-state index contributed by atoms with van der Waals surface area (Å²) in [6, 6.07) is 6.33. The normalized spacial score (nSPS) is 12.2. The molecule has 0 saturated carbocycles. The second-order valence-electron chi connectivity index (χ2n) is 5.88. The van der Waals surface area contributed by atoms with Gasteiger partial charge in [0.05, 0.1) is 10.9 Å². The third kappa shape index (κ3) is 3.33. The number of rotatable bonds is 5. The SMILES string of the molecule is C[Si](C)(C)CCOCn1nc(F)c2c(N)cccc21. The highest BCUT2D eigenvalue weighted by Crippen LogP contribution is 2.23. The Morgan fingerprint density at radius 3 is 2.79 bits per heavy atom. The monoisotopic (exact) mass is 281 g/mol. The van der Waals surface area contributed by atoms with Crippen molar-refractivity contribution >= 4 is 24.7 Å². The Morgan fingerprint density at radius 1 is 1.37 bits per heavy atom. The highest BCUT2D eigenvalue weighted by Gasteiger charge is 2.14. The standard InChI is InChI=1S/C13H20FN3OSi/c1-19(2,3)8-7-18-9-17-11-6-4-5-10(15)12(11)13(14)16-17/h4-6H,7-9,15H2,1-3H3. The van der Waals surface area contributed by atoms with E-state index in [0.717, 1.165) is 6.04 Å². The number of ether oxygens (including phenoxy) is 1. The molecule has 0 unspecified atom stereocenters. The number of fused-ring (bicyclic) bond motifs is 1. The van der Waals surface area contributed by atoms with Crippen LogP contribution in [0, 0.1) is 5.95 Å². The predicted octanol–water partition coefficient (Wildman–Crippen LogP) is 3.07. The Hall–Kier alpha value is -1.40. The molecule has 0 saturated heterocycles. The van der Waals surface area contributed by atoms with Gasteiger partial charge in [-0.1, -0.05) is 25.7 Å². The fourth-order valence-electron chi connectivity index (χ4n) is 1.83. The zero-order chi connectivity index (χ0) is 14.0. The van der Waals surface area contributed by atoms with Crippen LogP contribution in [-0.4, -0.2) is 24.5 Å². The number of halogens is 1. The van der Waals surface area contributed by atoms with Crippen LogP contribution in [0.25, 0.3) is 10.9 Å². The smallest absolute Gasteiger partial charge is 0.242 e. The van der Waals surface area contributed by atoms with Crippen LogP contribution in [0.2, 0.25) is 25.7 Å². The summed E-state index contributed by atoms with van der Waals surface area (Å²) in [5.74, 6) is -0.540. The lowest BCUT2D eigenvalue weighted by Gasteiger charge is -2.15. The van der Waals surface area contributed by atoms with Gasteiger partial charge in [-0.2, -0.15) is 4.39 Å². The van der Waals surface area contributed by atoms with E-state index < -0.39 is 14.0 Å². The van der Waals surface area contributed by atoms with E-state index in [1.54, 1.807) is 18.2 Å². The summed E-state index contributed by atoms with van der Waals surface area (Å²) < 4.78 is 20.8. The average molecular weight is 281 g/mol. The molecule has 19 heavy (non-hydrogen) atoms. The van der Waals surface area contributed by atoms with E-state index in [2.05, 4.69) is 24.7 Å². The van der Waals surface area contributed by atoms with Gasteiger partial charge in [0.15, 0.2) is 0 Å². The lowest BCUT2D eigenvalue weighted by atomic mass is 10.2. The summed E-state index contributed by atoms with van der Waals surface area (Å²) in [5, 5.41) is 4.21. The van der Waals surface area contributed by atoms with Crippen LogP contribution in [0.4, 0.5) is 10.1 Å². The molecule has 104 valence electrons. The minimum atomic E-state index is -1.10. The van der Waals surface area contributed by atoms with Gasteiger partial charge in [-0.3, -0.25) is 0 Å². The van der Waals surface area contributed by atoms with Crippen molar-refractivity contribution in [1.82, 2.24) is 9.78 Å². The largest absolute Gasteiger partial charge is 0.398 e. The van der Waals surface area contributed by atoms with Gasteiger partial charge in [0.25, 0.3) is 0 Å². The Balaban J connectivity index is 2.08. The van der Waals surface area contributed by atoms with E-state index in [0.29, 0.717) is 23.2 Å². The van der Waals surface area contributed by atoms with Crippen molar-refractivity contribution in [2.45, 2.75) is 32.4 Å². The maximum absolute atomic E-state index is 13.7. The van der Waals surface area contributed by atoms with Crippen LogP contribution >= 0.6 is 0 Å². The summed E-state index contributed by atoms with van der Waals surface area (Å²) in [6.07, 6.45) is 0. The number of aromatic nitrogens is 2. The van der Waals surface area contributed by atoms with Gasteiger partial charge in [0, 0.05) is 20.4 Å². The molecule has 0 bridgehead atoms. The minimum Gasteiger partial charge on any atom is -0.398 e. The third-order valence-electron chi connectivity index (χ3n) is 2.98. The van der Waals surface area contributed by atoms with Gasteiger partial charge < -0.3 is 10.5 Å². The molecule has 2 N–H and O–H groups in total. The molecule has 0 radical (unpaired) electrons. The maximum atomic E-state index is 13.7. The van der Waals surface area contributed by atoms with Gasteiger partial charge in [-0.05, 0) is 18.2 Å². The van der Waals surface area contributed by atoms with E-state index in [9.17, 15) is 4.39 Å². The Bertz CT molecular complexity index is 577. The molecule has 6 heteroatoms. The second kappa shape index (κ2) is 5.30. The summed E-state index contributed by atoms with van der Waals surface area (Å²) >= 11 is 0. The molecule has 0 amide bonds. The Labute approximate surface area is 113 Å². The number of nitrogens with two attached hydrogens (primary N) is 1. The molecule has 2 aromatic rings. The van der Waals surface area contributed by atoms with Crippen LogP contribution in [0.15, 0.2) is 18.2 Å². The first-order valence-corrected chi connectivity index (χ1v) is 10.1. The summed E-state index contributed by atoms with van der Waals surface area (Å²) in [5.41, 5.74) is 6.83. The molecule has 0 fully saturated rings. The van der Waals surface area contributed by atoms with Gasteiger partial charge >= 0.3 is 0 Å². The van der Waals surface area contributed by atoms with Gasteiger partial charge in [0.2, 0.25) is 5.95 Å². The van der Waals surface area contributed by atoms with Crippen LogP contribution in [0.1, 0.15) is 0 Å². The molecule has 1 aromatic heterocycles. The molecular formula is C13H20FN3OSi. The van der Waals surface area contributed by atoms with Crippen molar-refractivity contribution in [3.05, 3.63) is 24.1 Å². The zero-order valence-corrected chi connectivity index (χ0v) is 12.6. The Morgan fingerprint density at radius 2 is 2.11 bits per heavy atom. The lowest BCUT2D eigenvalue weighted by Crippen LogP contribution is -2.22. The van der Waals surface area contributed by atoms with Crippen LogP contribution in [0.5, 0.6) is 0 Å². The first-order chi connectivity index (χ1) is 8.88. The van der Waals surface area contributed by atoms with Gasteiger partial charge in [-0.15, -0.1) is 5.10 Å². The van der Waals surface area contributed by atoms with Crippen LogP contribution in [-0.2, 0) is 11.5 Å². The molecule has 0 aliphatic rings. The zero-order valence-electron chi connectivity index (χ0n) is 11.6. The fourth-order valence-corrected chi connectivity index (χ4v) is 2.59. The quantitative estimate of drug-likeness (QED) is 0.520. The number of nitrogen functional groups attached to an aromatic ring is 1. The van der Waals surface area contributed by atoms with E-state index >= 15 is 0 Å².